The zero-order valence-corrected chi connectivity index (χ0v) is 8.71. The SMILES string of the molecule is CCCCOCCOC(=O)N(C)C. The molecule has 0 aromatic rings. The van der Waals surface area contributed by atoms with Crippen molar-refractivity contribution < 1.29 is 14.3 Å². The number of unbranched alkanes of at least 4 members (excludes halogenated alkanes) is 1. The highest BCUT2D eigenvalue weighted by Crippen LogP contribution is 1.89. The largest absolute Gasteiger partial charge is 0.447 e. The molecule has 4 nitrogen and oxygen atoms in total. The van der Waals surface area contributed by atoms with E-state index in [1.54, 1.807) is 14.1 Å². The maximum absolute atomic E-state index is 10.9. The number of ether oxygens (including phenoxy) is 2. The van der Waals surface area contributed by atoms with Gasteiger partial charge in [0.05, 0.1) is 6.61 Å². The molecular formula is C9H19NO3. The second-order valence-corrected chi connectivity index (χ2v) is 2.97. The minimum Gasteiger partial charge on any atom is -0.447 e. The summed E-state index contributed by atoms with van der Waals surface area (Å²) in [6.07, 6.45) is 1.86. The van der Waals surface area contributed by atoms with Gasteiger partial charge in [-0.2, -0.15) is 0 Å². The predicted octanol–water partition coefficient (Wildman–Crippen LogP) is 1.50. The first-order chi connectivity index (χ1) is 6.18. The highest BCUT2D eigenvalue weighted by atomic mass is 16.6. The van der Waals surface area contributed by atoms with E-state index in [-0.39, 0.29) is 6.09 Å². The predicted molar refractivity (Wildman–Crippen MR) is 50.8 cm³/mol. The van der Waals surface area contributed by atoms with Gasteiger partial charge in [0.25, 0.3) is 0 Å². The fourth-order valence-electron chi connectivity index (χ4n) is 0.665. The quantitative estimate of drug-likeness (QED) is 0.594. The standard InChI is InChI=1S/C9H19NO3/c1-4-5-6-12-7-8-13-9(11)10(2)3/h4-8H2,1-3H3. The maximum Gasteiger partial charge on any atom is 0.409 e. The van der Waals surface area contributed by atoms with Crippen LogP contribution >= 0.6 is 0 Å². The lowest BCUT2D eigenvalue weighted by atomic mass is 10.4. The summed E-state index contributed by atoms with van der Waals surface area (Å²) < 4.78 is 10.1. The van der Waals surface area contributed by atoms with Crippen molar-refractivity contribution in [3.8, 4) is 0 Å². The van der Waals surface area contributed by atoms with Crippen LogP contribution in [-0.2, 0) is 9.47 Å². The second kappa shape index (κ2) is 7.86. The number of hydrogen-bond donors (Lipinski definition) is 0. The lowest BCUT2D eigenvalue weighted by Gasteiger charge is -2.10. The van der Waals surface area contributed by atoms with E-state index in [9.17, 15) is 4.79 Å². The molecule has 0 unspecified atom stereocenters. The monoisotopic (exact) mass is 189 g/mol. The normalized spacial score (nSPS) is 9.77. The lowest BCUT2D eigenvalue weighted by Crippen LogP contribution is -2.24. The van der Waals surface area contributed by atoms with Gasteiger partial charge in [-0.3, -0.25) is 0 Å². The molecule has 0 bridgehead atoms. The topological polar surface area (TPSA) is 38.8 Å². The van der Waals surface area contributed by atoms with Crippen LogP contribution in [0.2, 0.25) is 0 Å². The van der Waals surface area contributed by atoms with Crippen LogP contribution in [0.25, 0.3) is 0 Å². The summed E-state index contributed by atoms with van der Waals surface area (Å²) in [4.78, 5) is 12.3. The van der Waals surface area contributed by atoms with E-state index >= 15 is 0 Å². The molecule has 4 heteroatoms. The van der Waals surface area contributed by atoms with E-state index in [0.717, 1.165) is 19.4 Å². The van der Waals surface area contributed by atoms with Crippen molar-refractivity contribution in [2.45, 2.75) is 19.8 Å². The Labute approximate surface area is 79.8 Å². The van der Waals surface area contributed by atoms with Gasteiger partial charge < -0.3 is 14.4 Å². The highest BCUT2D eigenvalue weighted by Gasteiger charge is 2.02. The van der Waals surface area contributed by atoms with Crippen molar-refractivity contribution >= 4 is 6.09 Å². The van der Waals surface area contributed by atoms with Gasteiger partial charge in [0.15, 0.2) is 0 Å². The molecule has 0 fully saturated rings. The number of rotatable bonds is 6. The fourth-order valence-corrected chi connectivity index (χ4v) is 0.665. The van der Waals surface area contributed by atoms with Crippen LogP contribution < -0.4 is 0 Å². The van der Waals surface area contributed by atoms with E-state index in [4.69, 9.17) is 9.47 Å². The minimum atomic E-state index is -0.320. The summed E-state index contributed by atoms with van der Waals surface area (Å²) in [6.45, 7) is 3.67. The van der Waals surface area contributed by atoms with E-state index in [2.05, 4.69) is 6.92 Å². The van der Waals surface area contributed by atoms with Gasteiger partial charge in [-0.1, -0.05) is 13.3 Å². The minimum absolute atomic E-state index is 0.320. The Kier molecular flexibility index (Phi) is 7.39. The molecule has 0 aromatic heterocycles. The van der Waals surface area contributed by atoms with Gasteiger partial charge in [0.2, 0.25) is 0 Å². The van der Waals surface area contributed by atoms with Crippen molar-refractivity contribution in [3.05, 3.63) is 0 Å². The van der Waals surface area contributed by atoms with Gasteiger partial charge >= 0.3 is 6.09 Å². The first-order valence-corrected chi connectivity index (χ1v) is 4.60. The van der Waals surface area contributed by atoms with Crippen molar-refractivity contribution in [1.82, 2.24) is 4.90 Å². The van der Waals surface area contributed by atoms with Gasteiger partial charge in [0.1, 0.15) is 6.61 Å². The van der Waals surface area contributed by atoms with Crippen LogP contribution in [0.15, 0.2) is 0 Å². The van der Waals surface area contributed by atoms with Crippen molar-refractivity contribution in [1.29, 1.82) is 0 Å². The zero-order valence-electron chi connectivity index (χ0n) is 8.71. The Bertz CT molecular complexity index is 137. The molecular weight excluding hydrogens is 170 g/mol. The van der Waals surface area contributed by atoms with E-state index in [1.807, 2.05) is 0 Å². The zero-order chi connectivity index (χ0) is 10.1. The third kappa shape index (κ3) is 7.59. The van der Waals surface area contributed by atoms with Gasteiger partial charge in [-0.15, -0.1) is 0 Å². The molecule has 1 amide bonds. The smallest absolute Gasteiger partial charge is 0.409 e. The number of nitrogens with zero attached hydrogens (tertiary/aromatic N) is 1. The van der Waals surface area contributed by atoms with Crippen LogP contribution in [0, 0.1) is 0 Å². The number of hydrogen-bond acceptors (Lipinski definition) is 3. The van der Waals surface area contributed by atoms with E-state index in [1.165, 1.54) is 4.90 Å². The Morgan fingerprint density at radius 2 is 1.92 bits per heavy atom. The summed E-state index contributed by atoms with van der Waals surface area (Å²) in [6, 6.07) is 0. The number of carbonyl (C=O) groups is 1. The fraction of sp³-hybridized carbons (Fsp3) is 0.889. The molecule has 0 saturated heterocycles. The molecule has 0 N–H and O–H groups in total. The van der Waals surface area contributed by atoms with E-state index in [0.29, 0.717) is 13.2 Å². The summed E-state index contributed by atoms with van der Waals surface area (Å²) in [5.41, 5.74) is 0. The maximum atomic E-state index is 10.9. The van der Waals surface area contributed by atoms with Crippen LogP contribution in [-0.4, -0.2) is 44.9 Å². The van der Waals surface area contributed by atoms with Crippen LogP contribution in [0.4, 0.5) is 4.79 Å². The highest BCUT2D eigenvalue weighted by molar-refractivity contribution is 5.66. The number of carbonyl (C=O) groups excluding carboxylic acids is 1. The lowest BCUT2D eigenvalue weighted by molar-refractivity contribution is 0.0606. The van der Waals surface area contributed by atoms with Gasteiger partial charge in [-0.05, 0) is 6.42 Å². The first-order valence-electron chi connectivity index (χ1n) is 4.60. The van der Waals surface area contributed by atoms with Crippen molar-refractivity contribution in [3.63, 3.8) is 0 Å². The molecule has 78 valence electrons. The van der Waals surface area contributed by atoms with Gasteiger partial charge in [-0.25, -0.2) is 4.79 Å². The Morgan fingerprint density at radius 3 is 2.46 bits per heavy atom. The summed E-state index contributed by atoms with van der Waals surface area (Å²) in [7, 11) is 3.31. The molecule has 0 atom stereocenters. The molecule has 0 saturated carbocycles. The Hall–Kier alpha value is -0.770. The number of amides is 1. The average molecular weight is 189 g/mol. The van der Waals surface area contributed by atoms with Crippen LogP contribution in [0.3, 0.4) is 0 Å². The van der Waals surface area contributed by atoms with Crippen LogP contribution in [0.5, 0.6) is 0 Å². The molecule has 0 aromatic carbocycles. The molecule has 0 heterocycles. The van der Waals surface area contributed by atoms with Crippen LogP contribution in [0.1, 0.15) is 19.8 Å². The molecule has 0 aliphatic rings. The Balaban J connectivity index is 3.12. The molecule has 0 radical (unpaired) electrons. The summed E-state index contributed by atoms with van der Waals surface area (Å²) in [5.74, 6) is 0. The third-order valence-electron chi connectivity index (χ3n) is 1.46. The third-order valence-corrected chi connectivity index (χ3v) is 1.46. The van der Waals surface area contributed by atoms with Gasteiger partial charge in [0, 0.05) is 20.7 Å². The molecule has 0 aliphatic carbocycles. The second-order valence-electron chi connectivity index (χ2n) is 2.97. The average Bonchev–Trinajstić information content (AvgIpc) is 2.10. The van der Waals surface area contributed by atoms with E-state index < -0.39 is 0 Å². The Morgan fingerprint density at radius 1 is 1.23 bits per heavy atom. The molecule has 0 spiro atoms. The van der Waals surface area contributed by atoms with Crippen molar-refractivity contribution in [2.24, 2.45) is 0 Å². The molecule has 0 rings (SSSR count). The molecule has 0 aliphatic heterocycles. The summed E-state index contributed by atoms with van der Waals surface area (Å²) >= 11 is 0. The first kappa shape index (κ1) is 12.2. The summed E-state index contributed by atoms with van der Waals surface area (Å²) in [5, 5.41) is 0. The molecule has 13 heavy (non-hydrogen) atoms. The van der Waals surface area contributed by atoms with Crippen molar-refractivity contribution in [2.75, 3.05) is 33.9 Å².